The first-order valence-corrected chi connectivity index (χ1v) is 17.7. The summed E-state index contributed by atoms with van der Waals surface area (Å²) in [7, 11) is 10.3. The zero-order chi connectivity index (χ0) is 20.7. The fourth-order valence-electron chi connectivity index (χ4n) is 3.36. The normalized spacial score (nSPS) is 10.6. The molecule has 0 amide bonds. The van der Waals surface area contributed by atoms with Gasteiger partial charge in [0.1, 0.15) is 0 Å². The van der Waals surface area contributed by atoms with Crippen LogP contribution in [0.3, 0.4) is 0 Å². The van der Waals surface area contributed by atoms with E-state index >= 15 is 0 Å². The molecule has 0 heterocycles. The number of hydrogen-bond donors (Lipinski definition) is 0. The van der Waals surface area contributed by atoms with Crippen molar-refractivity contribution >= 4 is 42.8 Å². The van der Waals surface area contributed by atoms with Gasteiger partial charge in [0.05, 0.1) is 0 Å². The molecule has 0 fully saturated rings. The number of rotatable bonds is 2. The molecule has 0 atom stereocenters. The van der Waals surface area contributed by atoms with Crippen molar-refractivity contribution in [3.8, 4) is 0 Å². The molecule has 0 nitrogen and oxygen atoms in total. The SMILES string of the molecule is CC(C)c1c[cH-]c2ccccc12.CC(C)c1c[cH-]c2ccccc12.[CH2]=[Zr]([Cl])[Cl]. The van der Waals surface area contributed by atoms with Crippen LogP contribution in [0.2, 0.25) is 0 Å². The van der Waals surface area contributed by atoms with Gasteiger partial charge >= 0.3 is 40.1 Å². The maximum atomic E-state index is 5.13. The van der Waals surface area contributed by atoms with Gasteiger partial charge in [0.2, 0.25) is 0 Å². The van der Waals surface area contributed by atoms with Crippen molar-refractivity contribution in [1.82, 2.24) is 0 Å². The number of halogens is 2. The minimum absolute atomic E-state index is 0.630. The van der Waals surface area contributed by atoms with Crippen LogP contribution in [0.5, 0.6) is 0 Å². The molecule has 3 heteroatoms. The molecule has 4 aromatic carbocycles. The van der Waals surface area contributed by atoms with Crippen LogP contribution in [0.4, 0.5) is 0 Å². The van der Waals surface area contributed by atoms with Crippen LogP contribution < -0.4 is 0 Å². The van der Waals surface area contributed by atoms with Gasteiger partial charge < -0.3 is 0 Å². The Kier molecular flexibility index (Phi) is 9.35. The molecule has 0 N–H and O–H groups in total. The number of benzene rings is 2. The van der Waals surface area contributed by atoms with Crippen LogP contribution in [0.15, 0.2) is 72.8 Å². The van der Waals surface area contributed by atoms with Crippen molar-refractivity contribution in [2.24, 2.45) is 0 Å². The van der Waals surface area contributed by atoms with E-state index in [9.17, 15) is 0 Å². The molecule has 0 aliphatic rings. The quantitative estimate of drug-likeness (QED) is 0.247. The summed E-state index contributed by atoms with van der Waals surface area (Å²) < 4.78 is 3.37. The Morgan fingerprint density at radius 2 is 1.04 bits per heavy atom. The van der Waals surface area contributed by atoms with Crippen molar-refractivity contribution in [3.63, 3.8) is 0 Å². The second-order valence-corrected chi connectivity index (χ2v) is 15.6. The molecule has 0 aliphatic carbocycles. The van der Waals surface area contributed by atoms with Gasteiger partial charge in [-0.05, 0) is 0 Å². The van der Waals surface area contributed by atoms with E-state index in [2.05, 4.69) is 105 Å². The van der Waals surface area contributed by atoms with E-state index in [0.717, 1.165) is 0 Å². The zero-order valence-electron chi connectivity index (χ0n) is 17.0. The third-order valence-corrected chi connectivity index (χ3v) is 4.67. The summed E-state index contributed by atoms with van der Waals surface area (Å²) in [5.41, 5.74) is 2.93. The summed E-state index contributed by atoms with van der Waals surface area (Å²) in [6.45, 7) is 8.95. The van der Waals surface area contributed by atoms with E-state index in [4.69, 9.17) is 17.0 Å². The summed E-state index contributed by atoms with van der Waals surface area (Å²) >= 11 is -1.85. The molecule has 4 rings (SSSR count). The molecule has 0 saturated carbocycles. The summed E-state index contributed by atoms with van der Waals surface area (Å²) in [5, 5.41) is 5.54. The summed E-state index contributed by atoms with van der Waals surface area (Å²) in [5.74, 6) is 1.26. The predicted octanol–water partition coefficient (Wildman–Crippen LogP) is 8.71. The van der Waals surface area contributed by atoms with Crippen molar-refractivity contribution in [2.45, 2.75) is 39.5 Å². The fourth-order valence-corrected chi connectivity index (χ4v) is 3.36. The predicted molar refractivity (Wildman–Crippen MR) is 126 cm³/mol. The fraction of sp³-hybridized carbons (Fsp3) is 0.240. The first-order chi connectivity index (χ1) is 13.3. The van der Waals surface area contributed by atoms with E-state index in [-0.39, 0.29) is 0 Å². The van der Waals surface area contributed by atoms with Crippen LogP contribution in [0, 0.1) is 0 Å². The van der Waals surface area contributed by atoms with E-state index in [1.807, 2.05) is 0 Å². The van der Waals surface area contributed by atoms with Crippen molar-refractivity contribution in [2.75, 3.05) is 0 Å². The third-order valence-electron chi connectivity index (χ3n) is 4.67. The summed E-state index contributed by atoms with van der Waals surface area (Å²) in [6.07, 6.45) is 0. The standard InChI is InChI=1S/2C12H13.CH2.2ClH.Zr/c2*1-9(2)11-8-7-10-5-3-4-6-12(10)11;;;;/h2*3-9H,1-2H3;1H2;2*1H;/q2*-1;;;;+2/p-2. The molecule has 0 aliphatic heterocycles. The van der Waals surface area contributed by atoms with E-state index in [1.165, 1.54) is 32.7 Å². The molecule has 4 aromatic rings. The average Bonchev–Trinajstić information content (AvgIpc) is 3.26. The van der Waals surface area contributed by atoms with Gasteiger partial charge in [-0.15, -0.1) is 82.2 Å². The molecule has 0 radical (unpaired) electrons. The summed E-state index contributed by atoms with van der Waals surface area (Å²) in [4.78, 5) is 0. The van der Waals surface area contributed by atoms with Gasteiger partial charge in [-0.25, -0.2) is 0 Å². The molecule has 0 unspecified atom stereocenters. The maximum absolute atomic E-state index is 5.13. The van der Waals surface area contributed by atoms with Crippen LogP contribution in [-0.2, 0) is 18.9 Å². The molecule has 0 bridgehead atoms. The molecule has 0 saturated heterocycles. The van der Waals surface area contributed by atoms with Gasteiger partial charge in [-0.3, -0.25) is 0 Å². The molecule has 0 spiro atoms. The number of fused-ring (bicyclic) bond motifs is 2. The van der Waals surface area contributed by atoms with Gasteiger partial charge in [-0.2, -0.15) is 11.1 Å². The van der Waals surface area contributed by atoms with Crippen molar-refractivity contribution < 1.29 is 18.9 Å². The Labute approximate surface area is 184 Å². The van der Waals surface area contributed by atoms with E-state index in [1.54, 1.807) is 0 Å². The second kappa shape index (κ2) is 11.2. The molecular formula is C25H28Cl2Zr-2. The molecular weight excluding hydrogens is 462 g/mol. The van der Waals surface area contributed by atoms with Gasteiger partial charge in [0.15, 0.2) is 0 Å². The Balaban J connectivity index is 0.000000169. The molecule has 28 heavy (non-hydrogen) atoms. The molecule has 148 valence electrons. The number of hydrogen-bond acceptors (Lipinski definition) is 0. The van der Waals surface area contributed by atoms with E-state index < -0.39 is 18.9 Å². The molecule has 0 aromatic heterocycles. The minimum atomic E-state index is -1.85. The first kappa shape index (κ1) is 23.3. The second-order valence-electron chi connectivity index (χ2n) is 7.40. The van der Waals surface area contributed by atoms with Crippen molar-refractivity contribution in [1.29, 1.82) is 0 Å². The van der Waals surface area contributed by atoms with Crippen LogP contribution in [0.1, 0.15) is 50.7 Å². The van der Waals surface area contributed by atoms with E-state index in [0.29, 0.717) is 11.8 Å². The summed E-state index contributed by atoms with van der Waals surface area (Å²) in [6, 6.07) is 26.0. The van der Waals surface area contributed by atoms with Gasteiger partial charge in [-0.1, -0.05) is 51.7 Å². The Hall–Kier alpha value is -1.01. The Morgan fingerprint density at radius 1 is 0.714 bits per heavy atom. The zero-order valence-corrected chi connectivity index (χ0v) is 21.0. The first-order valence-electron chi connectivity index (χ1n) is 9.59. The van der Waals surface area contributed by atoms with Crippen molar-refractivity contribution in [3.05, 3.63) is 83.9 Å². The Morgan fingerprint density at radius 3 is 1.36 bits per heavy atom. The average molecular weight is 491 g/mol. The van der Waals surface area contributed by atoms with Crippen LogP contribution in [-0.4, -0.2) is 4.21 Å². The van der Waals surface area contributed by atoms with Crippen LogP contribution in [0.25, 0.3) is 21.5 Å². The third kappa shape index (κ3) is 6.52. The Bertz CT molecular complexity index is 939. The van der Waals surface area contributed by atoms with Crippen LogP contribution >= 0.6 is 17.0 Å². The topological polar surface area (TPSA) is 0 Å². The van der Waals surface area contributed by atoms with Gasteiger partial charge in [0.25, 0.3) is 0 Å². The van der Waals surface area contributed by atoms with Gasteiger partial charge in [0, 0.05) is 0 Å². The monoisotopic (exact) mass is 488 g/mol.